The Morgan fingerprint density at radius 3 is 2.25 bits per heavy atom. The molecule has 2 rings (SSSR count). The quantitative estimate of drug-likeness (QED) is 0.723. The van der Waals surface area contributed by atoms with Crippen LogP contribution in [0.4, 0.5) is 5.69 Å². The fraction of sp³-hybridized carbons (Fsp3) is 0.364. The molecule has 0 fully saturated rings. The summed E-state index contributed by atoms with van der Waals surface area (Å²) in [5.74, 6) is -0.0281. The second-order valence-electron chi connectivity index (χ2n) is 6.61. The van der Waals surface area contributed by atoms with Crippen LogP contribution < -0.4 is 14.8 Å². The van der Waals surface area contributed by atoms with Gasteiger partial charge in [0.05, 0.1) is 19.3 Å². The van der Waals surface area contributed by atoms with Crippen LogP contribution in [-0.4, -0.2) is 31.7 Å². The molecule has 1 atom stereocenters. The minimum Gasteiger partial charge on any atom is -0.493 e. The van der Waals surface area contributed by atoms with Crippen molar-refractivity contribution in [2.75, 3.05) is 19.0 Å². The fourth-order valence-corrected chi connectivity index (χ4v) is 2.95. The van der Waals surface area contributed by atoms with Crippen molar-refractivity contribution in [3.8, 4) is 11.5 Å². The Hall–Kier alpha value is -3.02. The van der Waals surface area contributed by atoms with Gasteiger partial charge in [-0.3, -0.25) is 4.79 Å². The highest BCUT2D eigenvalue weighted by atomic mass is 16.5. The Morgan fingerprint density at radius 1 is 1.04 bits per heavy atom. The molecule has 0 heterocycles. The lowest BCUT2D eigenvalue weighted by molar-refractivity contribution is -0.123. The lowest BCUT2D eigenvalue weighted by Crippen LogP contribution is -2.30. The Kier molecular flexibility index (Phi) is 7.04. The van der Waals surface area contributed by atoms with Gasteiger partial charge in [-0.2, -0.15) is 0 Å². The Balaban J connectivity index is 2.09. The number of hydrogen-bond donors (Lipinski definition) is 1. The molecule has 0 aromatic heterocycles. The van der Waals surface area contributed by atoms with E-state index in [1.54, 1.807) is 12.1 Å². The molecule has 0 aliphatic heterocycles. The first kappa shape index (κ1) is 21.3. The minimum absolute atomic E-state index is 0.280. The van der Waals surface area contributed by atoms with Crippen LogP contribution in [0.5, 0.6) is 11.5 Å². The summed E-state index contributed by atoms with van der Waals surface area (Å²) in [6.45, 7) is 9.74. The molecule has 0 spiro atoms. The van der Waals surface area contributed by atoms with Crippen LogP contribution in [0.25, 0.3) is 0 Å². The normalized spacial score (nSPS) is 11.5. The van der Waals surface area contributed by atoms with Crippen molar-refractivity contribution in [2.24, 2.45) is 0 Å². The van der Waals surface area contributed by atoms with Crippen molar-refractivity contribution >= 4 is 17.6 Å². The Morgan fingerprint density at radius 2 is 1.68 bits per heavy atom. The highest BCUT2D eigenvalue weighted by Crippen LogP contribution is 2.28. The predicted octanol–water partition coefficient (Wildman–Crippen LogP) is 4.20. The first-order valence-electron chi connectivity index (χ1n) is 9.17. The van der Waals surface area contributed by atoms with E-state index in [0.29, 0.717) is 18.1 Å². The molecule has 0 saturated carbocycles. The zero-order valence-corrected chi connectivity index (χ0v) is 17.2. The summed E-state index contributed by atoms with van der Waals surface area (Å²) in [6.07, 6.45) is -0.954. The van der Waals surface area contributed by atoms with Crippen LogP contribution in [0.2, 0.25) is 0 Å². The third-order valence-corrected chi connectivity index (χ3v) is 4.28. The second kappa shape index (κ2) is 9.26. The molecule has 6 nitrogen and oxygen atoms in total. The van der Waals surface area contributed by atoms with Crippen LogP contribution in [0.3, 0.4) is 0 Å². The van der Waals surface area contributed by atoms with E-state index in [2.05, 4.69) is 5.32 Å². The first-order chi connectivity index (χ1) is 13.3. The van der Waals surface area contributed by atoms with Crippen molar-refractivity contribution < 1.29 is 23.8 Å². The smallest absolute Gasteiger partial charge is 0.339 e. The van der Waals surface area contributed by atoms with E-state index in [-0.39, 0.29) is 11.5 Å². The zero-order chi connectivity index (χ0) is 20.8. The van der Waals surface area contributed by atoms with Crippen LogP contribution in [-0.2, 0) is 9.53 Å². The lowest BCUT2D eigenvalue weighted by Gasteiger charge is -2.17. The molecule has 0 radical (unpaired) electrons. The number of esters is 1. The van der Waals surface area contributed by atoms with Crippen LogP contribution >= 0.6 is 0 Å². The van der Waals surface area contributed by atoms with Crippen molar-refractivity contribution in [3.05, 3.63) is 52.6 Å². The van der Waals surface area contributed by atoms with Gasteiger partial charge >= 0.3 is 5.97 Å². The number of amides is 1. The van der Waals surface area contributed by atoms with Crippen LogP contribution in [0, 0.1) is 20.8 Å². The fourth-order valence-electron chi connectivity index (χ4n) is 2.95. The second-order valence-corrected chi connectivity index (χ2v) is 6.61. The van der Waals surface area contributed by atoms with Gasteiger partial charge in [0.15, 0.2) is 17.6 Å². The maximum atomic E-state index is 12.5. The van der Waals surface area contributed by atoms with Crippen molar-refractivity contribution in [2.45, 2.75) is 40.7 Å². The summed E-state index contributed by atoms with van der Waals surface area (Å²) in [7, 11) is 1.50. The first-order valence-corrected chi connectivity index (χ1v) is 9.17. The number of nitrogens with one attached hydrogen (secondary N) is 1. The van der Waals surface area contributed by atoms with Crippen molar-refractivity contribution in [1.29, 1.82) is 0 Å². The number of anilines is 1. The number of carbonyl (C=O) groups is 2. The van der Waals surface area contributed by atoms with Gasteiger partial charge in [-0.15, -0.1) is 0 Å². The van der Waals surface area contributed by atoms with E-state index in [4.69, 9.17) is 14.2 Å². The highest BCUT2D eigenvalue weighted by molar-refractivity contribution is 5.98. The Bertz CT molecular complexity index is 852. The van der Waals surface area contributed by atoms with E-state index in [9.17, 15) is 9.59 Å². The van der Waals surface area contributed by atoms with E-state index in [1.807, 2.05) is 39.8 Å². The summed E-state index contributed by atoms with van der Waals surface area (Å²) in [5, 5.41) is 2.85. The van der Waals surface area contributed by atoms with Gasteiger partial charge in [0, 0.05) is 5.69 Å². The standard InChI is InChI=1S/C22H27NO5/c1-7-27-18-9-8-17(12-19(18)26-6)22(25)28-16(5)21(24)23-20-14(3)10-13(2)11-15(20)4/h8-12,16H,7H2,1-6H3,(H,23,24)/t16-/m0/s1. The number of rotatable bonds is 7. The third kappa shape index (κ3) is 5.03. The van der Waals surface area contributed by atoms with E-state index < -0.39 is 12.1 Å². The van der Waals surface area contributed by atoms with Gasteiger partial charge in [-0.1, -0.05) is 17.7 Å². The Labute approximate surface area is 165 Å². The van der Waals surface area contributed by atoms with Gasteiger partial charge in [0.1, 0.15) is 0 Å². The minimum atomic E-state index is -0.954. The van der Waals surface area contributed by atoms with E-state index in [1.165, 1.54) is 20.1 Å². The molecule has 1 amide bonds. The van der Waals surface area contributed by atoms with Gasteiger partial charge < -0.3 is 19.5 Å². The van der Waals surface area contributed by atoms with Gasteiger partial charge in [0.25, 0.3) is 5.91 Å². The van der Waals surface area contributed by atoms with Crippen molar-refractivity contribution in [1.82, 2.24) is 0 Å². The maximum Gasteiger partial charge on any atom is 0.339 e. The molecule has 0 unspecified atom stereocenters. The summed E-state index contributed by atoms with van der Waals surface area (Å²) in [4.78, 5) is 24.9. The van der Waals surface area contributed by atoms with Gasteiger partial charge in [-0.25, -0.2) is 4.79 Å². The third-order valence-electron chi connectivity index (χ3n) is 4.28. The molecule has 0 saturated heterocycles. The van der Waals surface area contributed by atoms with Crippen molar-refractivity contribution in [3.63, 3.8) is 0 Å². The van der Waals surface area contributed by atoms with E-state index in [0.717, 1.165) is 22.4 Å². The van der Waals surface area contributed by atoms with Gasteiger partial charge in [-0.05, 0) is 63.9 Å². The van der Waals surface area contributed by atoms with E-state index >= 15 is 0 Å². The molecule has 150 valence electrons. The number of aryl methyl sites for hydroxylation is 3. The summed E-state index contributed by atoms with van der Waals surface area (Å²) < 4.78 is 16.0. The SMILES string of the molecule is CCOc1ccc(C(=O)O[C@@H](C)C(=O)Nc2c(C)cc(C)cc2C)cc1OC. The molecule has 2 aromatic rings. The number of carbonyl (C=O) groups excluding carboxylic acids is 2. The molecule has 0 aliphatic rings. The average molecular weight is 385 g/mol. The molecule has 0 bridgehead atoms. The number of ether oxygens (including phenoxy) is 3. The predicted molar refractivity (Wildman–Crippen MR) is 108 cm³/mol. The molecule has 6 heteroatoms. The largest absolute Gasteiger partial charge is 0.493 e. The zero-order valence-electron chi connectivity index (χ0n) is 17.2. The summed E-state index contributed by atoms with van der Waals surface area (Å²) in [5.41, 5.74) is 4.06. The number of methoxy groups -OCH3 is 1. The van der Waals surface area contributed by atoms with Gasteiger partial charge in [0.2, 0.25) is 0 Å². The van der Waals surface area contributed by atoms with Crippen LogP contribution in [0.1, 0.15) is 40.9 Å². The molecule has 0 aliphatic carbocycles. The molecule has 28 heavy (non-hydrogen) atoms. The molecular formula is C22H27NO5. The average Bonchev–Trinajstić information content (AvgIpc) is 2.64. The maximum absolute atomic E-state index is 12.5. The molecular weight excluding hydrogens is 358 g/mol. The number of benzene rings is 2. The molecule has 1 N–H and O–H groups in total. The summed E-state index contributed by atoms with van der Waals surface area (Å²) in [6, 6.07) is 8.74. The topological polar surface area (TPSA) is 73.9 Å². The number of hydrogen-bond acceptors (Lipinski definition) is 5. The lowest BCUT2D eigenvalue weighted by atomic mass is 10.0. The monoisotopic (exact) mass is 385 g/mol. The highest BCUT2D eigenvalue weighted by Gasteiger charge is 2.21. The van der Waals surface area contributed by atoms with Crippen LogP contribution in [0.15, 0.2) is 30.3 Å². The summed E-state index contributed by atoms with van der Waals surface area (Å²) >= 11 is 0. The molecule has 2 aromatic carbocycles.